The Hall–Kier alpha value is -2.40. The number of anilines is 1. The van der Waals surface area contributed by atoms with Crippen molar-refractivity contribution in [2.24, 2.45) is 0 Å². The Morgan fingerprint density at radius 3 is 2.43 bits per heavy atom. The minimum Gasteiger partial charge on any atom is -0.343 e. The maximum Gasteiger partial charge on any atom is 0.256 e. The van der Waals surface area contributed by atoms with Crippen molar-refractivity contribution in [1.82, 2.24) is 5.32 Å². The average Bonchev–Trinajstić information content (AvgIpc) is 2.53. The first-order chi connectivity index (χ1) is 11.0. The first-order valence-corrected chi connectivity index (χ1v) is 7.50. The second kappa shape index (κ2) is 7.74. The first kappa shape index (κ1) is 17.0. The van der Waals surface area contributed by atoms with Crippen molar-refractivity contribution >= 4 is 29.1 Å². The summed E-state index contributed by atoms with van der Waals surface area (Å²) in [6.45, 7) is 1.76. The zero-order valence-corrected chi connectivity index (χ0v) is 13.3. The van der Waals surface area contributed by atoms with Gasteiger partial charge in [0.15, 0.2) is 0 Å². The van der Waals surface area contributed by atoms with Crippen LogP contribution in [-0.4, -0.2) is 18.4 Å². The van der Waals surface area contributed by atoms with Gasteiger partial charge >= 0.3 is 0 Å². The SMILES string of the molecule is CCc1ccc(NC(=O)CNC(=O)c2c(F)cccc2Cl)cc1. The Morgan fingerprint density at radius 2 is 1.83 bits per heavy atom. The lowest BCUT2D eigenvalue weighted by atomic mass is 10.1. The van der Waals surface area contributed by atoms with E-state index in [1.807, 2.05) is 19.1 Å². The largest absolute Gasteiger partial charge is 0.343 e. The molecule has 0 aliphatic rings. The highest BCUT2D eigenvalue weighted by molar-refractivity contribution is 6.33. The molecule has 2 N–H and O–H groups in total. The highest BCUT2D eigenvalue weighted by Gasteiger charge is 2.16. The molecule has 0 radical (unpaired) electrons. The Bertz CT molecular complexity index is 697. The number of carbonyl (C=O) groups excluding carboxylic acids is 2. The van der Waals surface area contributed by atoms with Crippen LogP contribution >= 0.6 is 11.6 Å². The second-order valence-corrected chi connectivity index (χ2v) is 5.29. The Morgan fingerprint density at radius 1 is 1.13 bits per heavy atom. The number of hydrogen-bond acceptors (Lipinski definition) is 2. The van der Waals surface area contributed by atoms with Gasteiger partial charge in [0.1, 0.15) is 5.82 Å². The predicted octanol–water partition coefficient (Wildman–Crippen LogP) is 3.41. The number of hydrogen-bond donors (Lipinski definition) is 2. The van der Waals surface area contributed by atoms with Crippen LogP contribution in [0, 0.1) is 5.82 Å². The molecule has 0 atom stereocenters. The molecule has 0 heterocycles. The van der Waals surface area contributed by atoms with E-state index in [4.69, 9.17) is 11.6 Å². The molecule has 0 spiro atoms. The Kier molecular flexibility index (Phi) is 5.71. The first-order valence-electron chi connectivity index (χ1n) is 7.12. The third-order valence-electron chi connectivity index (χ3n) is 3.25. The molecule has 4 nitrogen and oxygen atoms in total. The molecule has 120 valence electrons. The van der Waals surface area contributed by atoms with E-state index >= 15 is 0 Å². The summed E-state index contributed by atoms with van der Waals surface area (Å²) >= 11 is 5.80. The average molecular weight is 335 g/mol. The lowest BCUT2D eigenvalue weighted by molar-refractivity contribution is -0.115. The third-order valence-corrected chi connectivity index (χ3v) is 3.56. The van der Waals surface area contributed by atoms with Crippen LogP contribution in [-0.2, 0) is 11.2 Å². The fraction of sp³-hybridized carbons (Fsp3) is 0.176. The van der Waals surface area contributed by atoms with E-state index < -0.39 is 17.6 Å². The highest BCUT2D eigenvalue weighted by Crippen LogP contribution is 2.18. The zero-order valence-electron chi connectivity index (χ0n) is 12.5. The fourth-order valence-corrected chi connectivity index (χ4v) is 2.24. The van der Waals surface area contributed by atoms with Crippen LogP contribution in [0.25, 0.3) is 0 Å². The smallest absolute Gasteiger partial charge is 0.256 e. The van der Waals surface area contributed by atoms with E-state index in [1.165, 1.54) is 12.1 Å². The quantitative estimate of drug-likeness (QED) is 0.880. The van der Waals surface area contributed by atoms with Crippen LogP contribution in [0.15, 0.2) is 42.5 Å². The molecule has 6 heteroatoms. The number of rotatable bonds is 5. The maximum absolute atomic E-state index is 13.6. The maximum atomic E-state index is 13.6. The van der Waals surface area contributed by atoms with Gasteiger partial charge in [-0.25, -0.2) is 4.39 Å². The van der Waals surface area contributed by atoms with Gasteiger partial charge < -0.3 is 10.6 Å². The molecule has 0 unspecified atom stereocenters. The van der Waals surface area contributed by atoms with Gasteiger partial charge in [0.25, 0.3) is 5.91 Å². The fourth-order valence-electron chi connectivity index (χ4n) is 1.99. The second-order valence-electron chi connectivity index (χ2n) is 4.88. The normalized spacial score (nSPS) is 10.2. The summed E-state index contributed by atoms with van der Waals surface area (Å²) in [7, 11) is 0. The zero-order chi connectivity index (χ0) is 16.8. The van der Waals surface area contributed by atoms with Crippen molar-refractivity contribution in [3.63, 3.8) is 0 Å². The number of nitrogens with one attached hydrogen (secondary N) is 2. The van der Waals surface area contributed by atoms with Gasteiger partial charge in [-0.05, 0) is 36.2 Å². The standard InChI is InChI=1S/C17H16ClFN2O2/c1-2-11-6-8-12(9-7-11)21-15(22)10-20-17(23)16-13(18)4-3-5-14(16)19/h3-9H,2,10H2,1H3,(H,20,23)(H,21,22). The highest BCUT2D eigenvalue weighted by atomic mass is 35.5. The summed E-state index contributed by atoms with van der Waals surface area (Å²) in [5.41, 5.74) is 1.52. The number of amides is 2. The summed E-state index contributed by atoms with van der Waals surface area (Å²) in [5, 5.41) is 4.99. The molecule has 2 aromatic carbocycles. The molecule has 0 bridgehead atoms. The van der Waals surface area contributed by atoms with Gasteiger partial charge in [0.2, 0.25) is 5.91 Å². The van der Waals surface area contributed by atoms with Crippen LogP contribution in [0.2, 0.25) is 5.02 Å². The summed E-state index contributed by atoms with van der Waals surface area (Å²) in [6.07, 6.45) is 0.910. The predicted molar refractivity (Wildman–Crippen MR) is 88.2 cm³/mol. The lowest BCUT2D eigenvalue weighted by Crippen LogP contribution is -2.33. The van der Waals surface area contributed by atoms with E-state index in [-0.39, 0.29) is 17.1 Å². The van der Waals surface area contributed by atoms with E-state index in [0.29, 0.717) is 5.69 Å². The van der Waals surface area contributed by atoms with Crippen LogP contribution < -0.4 is 10.6 Å². The van der Waals surface area contributed by atoms with Gasteiger partial charge in [-0.15, -0.1) is 0 Å². The number of aryl methyl sites for hydroxylation is 1. The molecule has 23 heavy (non-hydrogen) atoms. The minimum absolute atomic E-state index is 0.00179. The molecule has 2 aromatic rings. The molecule has 2 rings (SSSR count). The van der Waals surface area contributed by atoms with E-state index in [2.05, 4.69) is 10.6 Å². The van der Waals surface area contributed by atoms with E-state index in [1.54, 1.807) is 12.1 Å². The number of halogens is 2. The molecule has 0 aliphatic heterocycles. The van der Waals surface area contributed by atoms with Crippen LogP contribution in [0.1, 0.15) is 22.8 Å². The van der Waals surface area contributed by atoms with Gasteiger partial charge in [-0.3, -0.25) is 9.59 Å². The van der Waals surface area contributed by atoms with E-state index in [9.17, 15) is 14.0 Å². The Labute approximate surface area is 138 Å². The third kappa shape index (κ3) is 4.53. The monoisotopic (exact) mass is 334 g/mol. The van der Waals surface area contributed by atoms with Crippen molar-refractivity contribution in [3.05, 3.63) is 64.4 Å². The van der Waals surface area contributed by atoms with E-state index in [0.717, 1.165) is 18.1 Å². The van der Waals surface area contributed by atoms with Gasteiger partial charge in [0.05, 0.1) is 17.1 Å². The van der Waals surface area contributed by atoms with Crippen LogP contribution in [0.4, 0.5) is 10.1 Å². The Balaban J connectivity index is 1.92. The topological polar surface area (TPSA) is 58.2 Å². The molecule has 0 fully saturated rings. The summed E-state index contributed by atoms with van der Waals surface area (Å²) in [6, 6.07) is 11.3. The minimum atomic E-state index is -0.732. The van der Waals surface area contributed by atoms with Crippen molar-refractivity contribution in [2.45, 2.75) is 13.3 Å². The van der Waals surface area contributed by atoms with Gasteiger partial charge in [-0.1, -0.05) is 36.7 Å². The summed E-state index contributed by atoms with van der Waals surface area (Å²) in [4.78, 5) is 23.7. The van der Waals surface area contributed by atoms with Crippen molar-refractivity contribution in [2.75, 3.05) is 11.9 Å². The van der Waals surface area contributed by atoms with Gasteiger partial charge in [0, 0.05) is 5.69 Å². The molecule has 0 saturated heterocycles. The van der Waals surface area contributed by atoms with Crippen LogP contribution in [0.3, 0.4) is 0 Å². The van der Waals surface area contributed by atoms with Crippen molar-refractivity contribution in [3.8, 4) is 0 Å². The molecule has 0 aliphatic carbocycles. The number of benzene rings is 2. The molecular weight excluding hydrogens is 319 g/mol. The van der Waals surface area contributed by atoms with Crippen LogP contribution in [0.5, 0.6) is 0 Å². The summed E-state index contributed by atoms with van der Waals surface area (Å²) < 4.78 is 13.6. The van der Waals surface area contributed by atoms with Crippen molar-refractivity contribution in [1.29, 1.82) is 0 Å². The molecular formula is C17H16ClFN2O2. The molecule has 2 amide bonds. The molecule has 0 aromatic heterocycles. The number of carbonyl (C=O) groups is 2. The molecule has 0 saturated carbocycles. The summed E-state index contributed by atoms with van der Waals surface area (Å²) in [5.74, 6) is -1.87. The van der Waals surface area contributed by atoms with Gasteiger partial charge in [-0.2, -0.15) is 0 Å². The van der Waals surface area contributed by atoms with Crippen molar-refractivity contribution < 1.29 is 14.0 Å². The lowest BCUT2D eigenvalue weighted by Gasteiger charge is -2.09.